The van der Waals surface area contributed by atoms with Crippen LogP contribution in [-0.4, -0.2) is 20.4 Å². The van der Waals surface area contributed by atoms with Crippen LogP contribution in [0, 0.1) is 6.92 Å². The summed E-state index contributed by atoms with van der Waals surface area (Å²) in [5, 5.41) is 36.9. The Morgan fingerprint density at radius 1 is 1.08 bits per heavy atom. The van der Waals surface area contributed by atoms with E-state index in [4.69, 9.17) is 0 Å². The molecule has 0 unspecified atom stereocenters. The Bertz CT molecular complexity index is 331. The quantitative estimate of drug-likeness (QED) is 0.494. The van der Waals surface area contributed by atoms with Gasteiger partial charge in [0.25, 0.3) is 0 Å². The first kappa shape index (κ1) is 9.67. The summed E-state index contributed by atoms with van der Waals surface area (Å²) in [5.74, 6) is -1.42. The highest BCUT2D eigenvalue weighted by molar-refractivity contribution is 5.57. The molecule has 0 saturated carbocycles. The van der Waals surface area contributed by atoms with E-state index >= 15 is 0 Å². The van der Waals surface area contributed by atoms with E-state index in [1.807, 2.05) is 0 Å². The van der Waals surface area contributed by atoms with Gasteiger partial charge in [0.05, 0.1) is 6.10 Å². The van der Waals surface area contributed by atoms with E-state index in [-0.39, 0.29) is 11.3 Å². The molecule has 0 saturated heterocycles. The van der Waals surface area contributed by atoms with E-state index in [2.05, 4.69) is 0 Å². The maximum absolute atomic E-state index is 9.30. The van der Waals surface area contributed by atoms with Crippen LogP contribution in [0.15, 0.2) is 6.07 Å². The van der Waals surface area contributed by atoms with E-state index < -0.39 is 17.6 Å². The number of aryl methyl sites for hydroxylation is 1. The molecule has 1 rings (SSSR count). The van der Waals surface area contributed by atoms with Crippen molar-refractivity contribution in [2.24, 2.45) is 0 Å². The number of benzene rings is 1. The van der Waals surface area contributed by atoms with Gasteiger partial charge in [0.15, 0.2) is 11.5 Å². The molecule has 0 aromatic heterocycles. The second kappa shape index (κ2) is 3.14. The van der Waals surface area contributed by atoms with Gasteiger partial charge in [0, 0.05) is 5.56 Å². The zero-order chi connectivity index (χ0) is 10.2. The lowest BCUT2D eigenvalue weighted by atomic mass is 10.0. The van der Waals surface area contributed by atoms with Gasteiger partial charge in [0.2, 0.25) is 5.75 Å². The predicted molar refractivity (Wildman–Crippen MR) is 46.8 cm³/mol. The van der Waals surface area contributed by atoms with Gasteiger partial charge in [-0.3, -0.25) is 0 Å². The van der Waals surface area contributed by atoms with Crippen molar-refractivity contribution in [2.75, 3.05) is 0 Å². The van der Waals surface area contributed by atoms with Crippen LogP contribution in [0.3, 0.4) is 0 Å². The number of phenolic OH excluding ortho intramolecular Hbond substituents is 3. The minimum absolute atomic E-state index is 0.202. The molecule has 0 spiro atoms. The molecule has 4 heteroatoms. The van der Waals surface area contributed by atoms with E-state index in [1.165, 1.54) is 13.0 Å². The number of aromatic hydroxyl groups is 3. The third kappa shape index (κ3) is 1.53. The van der Waals surface area contributed by atoms with Gasteiger partial charge in [0.1, 0.15) is 0 Å². The van der Waals surface area contributed by atoms with Crippen LogP contribution >= 0.6 is 0 Å². The number of aliphatic hydroxyl groups excluding tert-OH is 1. The molecule has 0 bridgehead atoms. The van der Waals surface area contributed by atoms with Gasteiger partial charge in [-0.2, -0.15) is 0 Å². The van der Waals surface area contributed by atoms with Crippen LogP contribution in [0.25, 0.3) is 0 Å². The molecular formula is C9H12O4. The number of rotatable bonds is 1. The third-order valence-electron chi connectivity index (χ3n) is 1.92. The van der Waals surface area contributed by atoms with Crippen LogP contribution in [0.1, 0.15) is 24.2 Å². The standard InChI is InChI=1S/C9H12O4/c1-4-3-6(5(2)10)8(12)9(13)7(4)11/h3,5,10-13H,1-2H3/t5-/m1/s1. The highest BCUT2D eigenvalue weighted by Crippen LogP contribution is 2.41. The summed E-state index contributed by atoms with van der Waals surface area (Å²) in [6.07, 6.45) is -0.884. The number of hydrogen-bond acceptors (Lipinski definition) is 4. The molecular weight excluding hydrogens is 172 g/mol. The summed E-state index contributed by atoms with van der Waals surface area (Å²) >= 11 is 0. The summed E-state index contributed by atoms with van der Waals surface area (Å²) < 4.78 is 0. The lowest BCUT2D eigenvalue weighted by molar-refractivity contribution is 0.193. The van der Waals surface area contributed by atoms with Gasteiger partial charge < -0.3 is 20.4 Å². The number of hydrogen-bond donors (Lipinski definition) is 4. The maximum Gasteiger partial charge on any atom is 0.200 e. The Hall–Kier alpha value is -1.42. The molecule has 1 aromatic rings. The monoisotopic (exact) mass is 184 g/mol. The molecule has 1 atom stereocenters. The summed E-state index contributed by atoms with van der Waals surface area (Å²) in [7, 11) is 0. The topological polar surface area (TPSA) is 80.9 Å². The van der Waals surface area contributed by atoms with E-state index in [1.54, 1.807) is 6.92 Å². The Morgan fingerprint density at radius 2 is 1.62 bits per heavy atom. The van der Waals surface area contributed by atoms with Gasteiger partial charge >= 0.3 is 0 Å². The molecule has 13 heavy (non-hydrogen) atoms. The van der Waals surface area contributed by atoms with Crippen LogP contribution in [0.5, 0.6) is 17.2 Å². The van der Waals surface area contributed by atoms with Crippen molar-refractivity contribution < 1.29 is 20.4 Å². The second-order valence-electron chi connectivity index (χ2n) is 3.00. The van der Waals surface area contributed by atoms with Crippen LogP contribution in [-0.2, 0) is 0 Å². The van der Waals surface area contributed by atoms with Gasteiger partial charge in [-0.05, 0) is 25.5 Å². The fourth-order valence-electron chi connectivity index (χ4n) is 1.12. The normalized spacial score (nSPS) is 12.8. The molecule has 4 N–H and O–H groups in total. The third-order valence-corrected chi connectivity index (χ3v) is 1.92. The second-order valence-corrected chi connectivity index (χ2v) is 3.00. The first-order valence-electron chi connectivity index (χ1n) is 3.87. The predicted octanol–water partition coefficient (Wildman–Crippen LogP) is 1.17. The van der Waals surface area contributed by atoms with Crippen LogP contribution in [0.2, 0.25) is 0 Å². The summed E-state index contributed by atoms with van der Waals surface area (Å²) in [6.45, 7) is 3.03. The molecule has 1 aromatic carbocycles. The van der Waals surface area contributed by atoms with Crippen molar-refractivity contribution >= 4 is 0 Å². The van der Waals surface area contributed by atoms with E-state index in [0.717, 1.165) is 0 Å². The van der Waals surface area contributed by atoms with Crippen molar-refractivity contribution in [3.8, 4) is 17.2 Å². The van der Waals surface area contributed by atoms with Gasteiger partial charge in [-0.15, -0.1) is 0 Å². The maximum atomic E-state index is 9.30. The smallest absolute Gasteiger partial charge is 0.200 e. The minimum Gasteiger partial charge on any atom is -0.504 e. The van der Waals surface area contributed by atoms with E-state index in [0.29, 0.717) is 5.56 Å². The van der Waals surface area contributed by atoms with E-state index in [9.17, 15) is 20.4 Å². The zero-order valence-corrected chi connectivity index (χ0v) is 7.44. The Labute approximate surface area is 75.7 Å². The molecule has 0 aliphatic carbocycles. The van der Waals surface area contributed by atoms with Crippen LogP contribution in [0.4, 0.5) is 0 Å². The average molecular weight is 184 g/mol. The molecule has 0 aliphatic rings. The molecule has 72 valence electrons. The fourth-order valence-corrected chi connectivity index (χ4v) is 1.12. The fraction of sp³-hybridized carbons (Fsp3) is 0.333. The molecule has 0 fully saturated rings. The van der Waals surface area contributed by atoms with Crippen molar-refractivity contribution in [1.82, 2.24) is 0 Å². The molecule has 0 amide bonds. The van der Waals surface area contributed by atoms with Gasteiger partial charge in [-0.25, -0.2) is 0 Å². The largest absolute Gasteiger partial charge is 0.504 e. The minimum atomic E-state index is -0.884. The Morgan fingerprint density at radius 3 is 2.08 bits per heavy atom. The molecule has 0 radical (unpaired) electrons. The lowest BCUT2D eigenvalue weighted by Crippen LogP contribution is -1.93. The molecule has 4 nitrogen and oxygen atoms in total. The molecule has 0 aliphatic heterocycles. The zero-order valence-electron chi connectivity index (χ0n) is 7.44. The van der Waals surface area contributed by atoms with Crippen LogP contribution < -0.4 is 0 Å². The van der Waals surface area contributed by atoms with Crippen molar-refractivity contribution in [1.29, 1.82) is 0 Å². The van der Waals surface area contributed by atoms with Crippen molar-refractivity contribution in [3.05, 3.63) is 17.2 Å². The Kier molecular flexibility index (Phi) is 2.34. The summed E-state index contributed by atoms with van der Waals surface area (Å²) in [6, 6.07) is 1.43. The highest BCUT2D eigenvalue weighted by Gasteiger charge is 2.16. The van der Waals surface area contributed by atoms with Gasteiger partial charge in [-0.1, -0.05) is 0 Å². The van der Waals surface area contributed by atoms with Crippen molar-refractivity contribution in [2.45, 2.75) is 20.0 Å². The first-order valence-corrected chi connectivity index (χ1v) is 3.87. The Balaban J connectivity index is 3.41. The first-order chi connectivity index (χ1) is 5.95. The van der Waals surface area contributed by atoms with Crippen molar-refractivity contribution in [3.63, 3.8) is 0 Å². The summed E-state index contributed by atoms with van der Waals surface area (Å²) in [4.78, 5) is 0. The number of phenols is 3. The lowest BCUT2D eigenvalue weighted by Gasteiger charge is -2.11. The average Bonchev–Trinajstić information content (AvgIpc) is 2.07. The number of aliphatic hydroxyl groups is 1. The highest BCUT2D eigenvalue weighted by atomic mass is 16.3. The summed E-state index contributed by atoms with van der Waals surface area (Å²) in [5.41, 5.74) is 0.610. The SMILES string of the molecule is Cc1cc([C@@H](C)O)c(O)c(O)c1O. The molecule has 0 heterocycles.